The molecule has 1 aliphatic rings. The van der Waals surface area contributed by atoms with Crippen LogP contribution in [0.1, 0.15) is 25.3 Å². The van der Waals surface area contributed by atoms with Crippen LogP contribution in [0.2, 0.25) is 0 Å². The van der Waals surface area contributed by atoms with Gasteiger partial charge in [-0.15, -0.1) is 0 Å². The molecule has 1 aliphatic heterocycles. The van der Waals surface area contributed by atoms with Gasteiger partial charge in [-0.3, -0.25) is 14.5 Å². The van der Waals surface area contributed by atoms with Crippen LogP contribution in [0, 0.1) is 5.82 Å². The molecule has 0 radical (unpaired) electrons. The van der Waals surface area contributed by atoms with Crippen LogP contribution in [0.4, 0.5) is 15.8 Å². The Kier molecular flexibility index (Phi) is 8.35. The third-order valence-corrected chi connectivity index (χ3v) is 6.32. The number of thiocarbonyl (C=S) groups is 1. The molecule has 2 amide bonds. The first kappa shape index (κ1) is 26.1. The molecule has 37 heavy (non-hydrogen) atoms. The van der Waals surface area contributed by atoms with Crippen molar-refractivity contribution in [1.29, 1.82) is 0 Å². The fourth-order valence-electron chi connectivity index (χ4n) is 4.01. The van der Waals surface area contributed by atoms with E-state index in [1.807, 2.05) is 31.2 Å². The van der Waals surface area contributed by atoms with Gasteiger partial charge in [0.15, 0.2) is 5.11 Å². The van der Waals surface area contributed by atoms with Gasteiger partial charge in [-0.2, -0.15) is 0 Å². The molecule has 0 aromatic heterocycles. The quantitative estimate of drug-likeness (QED) is 0.372. The Morgan fingerprint density at radius 3 is 2.27 bits per heavy atom. The molecule has 1 atom stereocenters. The van der Waals surface area contributed by atoms with Crippen LogP contribution >= 0.6 is 12.2 Å². The second-order valence-corrected chi connectivity index (χ2v) is 8.91. The van der Waals surface area contributed by atoms with Crippen LogP contribution in [0.25, 0.3) is 0 Å². The van der Waals surface area contributed by atoms with Gasteiger partial charge >= 0.3 is 0 Å². The molecule has 1 fully saturated rings. The van der Waals surface area contributed by atoms with Crippen molar-refractivity contribution < 1.29 is 23.5 Å². The molecule has 0 bridgehead atoms. The van der Waals surface area contributed by atoms with Gasteiger partial charge in [-0.25, -0.2) is 4.39 Å². The molecule has 7 nitrogen and oxygen atoms in total. The number of nitrogens with zero attached hydrogens (tertiary/aromatic N) is 2. The lowest BCUT2D eigenvalue weighted by molar-refractivity contribution is -0.124. The molecule has 3 aromatic carbocycles. The van der Waals surface area contributed by atoms with Gasteiger partial charge in [-0.05, 0) is 84.9 Å². The minimum atomic E-state index is -0.827. The Labute approximate surface area is 220 Å². The number of carbonyl (C=O) groups is 2. The highest BCUT2D eigenvalue weighted by molar-refractivity contribution is 7.80. The number of nitrogens with one attached hydrogen (secondary N) is 1. The summed E-state index contributed by atoms with van der Waals surface area (Å²) >= 11 is 5.68. The maximum atomic E-state index is 13.5. The number of anilines is 2. The van der Waals surface area contributed by atoms with E-state index in [1.54, 1.807) is 36.3 Å². The van der Waals surface area contributed by atoms with Gasteiger partial charge in [0, 0.05) is 12.2 Å². The van der Waals surface area contributed by atoms with Crippen LogP contribution < -0.4 is 19.7 Å². The standard InChI is InChI=1S/C28H28FN3O4S/c1-3-16-36-24-14-8-21(9-15-24)30-26(33)17-25-27(34)32(22-10-6-20(29)7-11-22)28(37)31(25)18-19-4-12-23(35-2)13-5-19/h4-15,25H,3,16-18H2,1-2H3,(H,30,33)/t25-/m1/s1. The van der Waals surface area contributed by atoms with E-state index in [-0.39, 0.29) is 23.3 Å². The third-order valence-electron chi connectivity index (χ3n) is 5.91. The second kappa shape index (κ2) is 11.8. The summed E-state index contributed by atoms with van der Waals surface area (Å²) in [7, 11) is 1.59. The number of methoxy groups -OCH3 is 1. The molecule has 0 unspecified atom stereocenters. The number of ether oxygens (including phenoxy) is 2. The Bertz CT molecular complexity index is 1250. The van der Waals surface area contributed by atoms with Crippen molar-refractivity contribution in [3.8, 4) is 11.5 Å². The van der Waals surface area contributed by atoms with E-state index < -0.39 is 11.9 Å². The van der Waals surface area contributed by atoms with E-state index >= 15 is 0 Å². The number of carbonyl (C=O) groups excluding carboxylic acids is 2. The molecular weight excluding hydrogens is 493 g/mol. The Balaban J connectivity index is 1.53. The van der Waals surface area contributed by atoms with Gasteiger partial charge < -0.3 is 19.7 Å². The number of benzene rings is 3. The average molecular weight is 522 g/mol. The molecule has 1 saturated heterocycles. The topological polar surface area (TPSA) is 71.1 Å². The maximum Gasteiger partial charge on any atom is 0.256 e. The van der Waals surface area contributed by atoms with Crippen LogP contribution in [0.15, 0.2) is 72.8 Å². The highest BCUT2D eigenvalue weighted by atomic mass is 32.1. The van der Waals surface area contributed by atoms with Crippen LogP contribution in [0.3, 0.4) is 0 Å². The fraction of sp³-hybridized carbons (Fsp3) is 0.250. The lowest BCUT2D eigenvalue weighted by atomic mass is 10.1. The van der Waals surface area contributed by atoms with Crippen molar-refractivity contribution in [2.45, 2.75) is 32.4 Å². The first-order chi connectivity index (χ1) is 17.9. The number of amides is 2. The zero-order valence-electron chi connectivity index (χ0n) is 20.6. The van der Waals surface area contributed by atoms with Crippen molar-refractivity contribution in [1.82, 2.24) is 4.90 Å². The summed E-state index contributed by atoms with van der Waals surface area (Å²) < 4.78 is 24.3. The summed E-state index contributed by atoms with van der Waals surface area (Å²) in [4.78, 5) is 29.6. The third kappa shape index (κ3) is 6.24. The second-order valence-electron chi connectivity index (χ2n) is 8.55. The highest BCUT2D eigenvalue weighted by Gasteiger charge is 2.44. The largest absolute Gasteiger partial charge is 0.497 e. The number of rotatable bonds is 10. The van der Waals surface area contributed by atoms with Crippen molar-refractivity contribution in [3.63, 3.8) is 0 Å². The van der Waals surface area contributed by atoms with E-state index in [9.17, 15) is 14.0 Å². The Hall–Kier alpha value is -3.98. The molecule has 3 aromatic rings. The monoisotopic (exact) mass is 521 g/mol. The molecule has 0 spiro atoms. The maximum absolute atomic E-state index is 13.5. The normalized spacial score (nSPS) is 15.2. The van der Waals surface area contributed by atoms with Gasteiger partial charge in [0.05, 0.1) is 25.8 Å². The molecule has 1 heterocycles. The number of hydrogen-bond acceptors (Lipinski definition) is 5. The summed E-state index contributed by atoms with van der Waals surface area (Å²) in [6.07, 6.45) is 0.790. The molecule has 0 aliphatic carbocycles. The van der Waals surface area contributed by atoms with Crippen LogP contribution in [0.5, 0.6) is 11.5 Å². The van der Waals surface area contributed by atoms with E-state index in [0.29, 0.717) is 30.3 Å². The van der Waals surface area contributed by atoms with Crippen molar-refractivity contribution in [2.24, 2.45) is 0 Å². The lowest BCUT2D eigenvalue weighted by Gasteiger charge is -2.24. The van der Waals surface area contributed by atoms with Crippen LogP contribution in [-0.4, -0.2) is 41.6 Å². The Morgan fingerprint density at radius 1 is 1.00 bits per heavy atom. The minimum absolute atomic E-state index is 0.110. The van der Waals surface area contributed by atoms with Crippen LogP contribution in [-0.2, 0) is 16.1 Å². The van der Waals surface area contributed by atoms with Crippen molar-refractivity contribution in [3.05, 3.63) is 84.2 Å². The predicted octanol–water partition coefficient (Wildman–Crippen LogP) is 5.15. The van der Waals surface area contributed by atoms with E-state index in [1.165, 1.54) is 29.2 Å². The van der Waals surface area contributed by atoms with Gasteiger partial charge in [-0.1, -0.05) is 19.1 Å². The van der Waals surface area contributed by atoms with Gasteiger partial charge in [0.25, 0.3) is 5.91 Å². The zero-order chi connectivity index (χ0) is 26.4. The van der Waals surface area contributed by atoms with Crippen molar-refractivity contribution in [2.75, 3.05) is 23.9 Å². The first-order valence-corrected chi connectivity index (χ1v) is 12.4. The summed E-state index contributed by atoms with van der Waals surface area (Å²) in [5.74, 6) is 0.335. The molecule has 4 rings (SSSR count). The Morgan fingerprint density at radius 2 is 1.65 bits per heavy atom. The summed E-state index contributed by atoms with van der Waals surface area (Å²) in [6.45, 7) is 2.96. The van der Waals surface area contributed by atoms with Crippen molar-refractivity contribution >= 4 is 40.5 Å². The minimum Gasteiger partial charge on any atom is -0.497 e. The zero-order valence-corrected chi connectivity index (χ0v) is 21.5. The summed E-state index contributed by atoms with van der Waals surface area (Å²) in [5.41, 5.74) is 1.94. The summed E-state index contributed by atoms with van der Waals surface area (Å²) in [5, 5.41) is 3.10. The highest BCUT2D eigenvalue weighted by Crippen LogP contribution is 2.29. The number of halogens is 1. The first-order valence-electron chi connectivity index (χ1n) is 12.0. The molecule has 9 heteroatoms. The molecule has 1 N–H and O–H groups in total. The SMILES string of the molecule is CCCOc1ccc(NC(=O)C[C@@H]2C(=O)N(c3ccc(F)cc3)C(=S)N2Cc2ccc(OC)cc2)cc1. The van der Waals surface area contributed by atoms with Gasteiger partial charge in [0.2, 0.25) is 5.91 Å². The average Bonchev–Trinajstić information content (AvgIpc) is 3.13. The molecule has 192 valence electrons. The lowest BCUT2D eigenvalue weighted by Crippen LogP contribution is -2.37. The number of hydrogen-bond donors (Lipinski definition) is 1. The smallest absolute Gasteiger partial charge is 0.256 e. The molecule has 0 saturated carbocycles. The van der Waals surface area contributed by atoms with E-state index in [4.69, 9.17) is 21.7 Å². The van der Waals surface area contributed by atoms with E-state index in [0.717, 1.165) is 17.7 Å². The fourth-order valence-corrected chi connectivity index (χ4v) is 4.40. The van der Waals surface area contributed by atoms with Gasteiger partial charge in [0.1, 0.15) is 23.4 Å². The van der Waals surface area contributed by atoms with E-state index in [2.05, 4.69) is 5.32 Å². The summed E-state index contributed by atoms with van der Waals surface area (Å²) in [6, 6.07) is 19.2. The molecular formula is C28H28FN3O4S. The predicted molar refractivity (Wildman–Crippen MR) is 144 cm³/mol.